The van der Waals surface area contributed by atoms with Gasteiger partial charge in [-0.1, -0.05) is 60.7 Å². The van der Waals surface area contributed by atoms with Crippen LogP contribution in [0, 0.1) is 0 Å². The Hall–Kier alpha value is -5.76. The molecule has 8 heteroatoms. The largest absolute Gasteiger partial charge is 0.352 e. The number of para-hydroxylation sites is 4. The Kier molecular flexibility index (Phi) is 5.28. The van der Waals surface area contributed by atoms with Crippen molar-refractivity contribution >= 4 is 43.6 Å². The van der Waals surface area contributed by atoms with Crippen molar-refractivity contribution in [3.63, 3.8) is 0 Å². The van der Waals surface area contributed by atoms with E-state index in [-0.39, 0.29) is 11.1 Å². The summed E-state index contributed by atoms with van der Waals surface area (Å²) in [7, 11) is 0. The van der Waals surface area contributed by atoms with Gasteiger partial charge in [0.15, 0.2) is 11.6 Å². The molecule has 0 atom stereocenters. The number of nitrogens with one attached hydrogen (secondary N) is 2. The first-order chi connectivity index (χ1) is 21.7. The van der Waals surface area contributed by atoms with Crippen molar-refractivity contribution < 1.29 is 0 Å². The van der Waals surface area contributed by atoms with Crippen LogP contribution >= 0.6 is 0 Å². The molecular weight excluding hydrogens is 548 g/mol. The Morgan fingerprint density at radius 2 is 0.886 bits per heavy atom. The molecule has 4 aromatic heterocycles. The minimum atomic E-state index is 0.0462. The van der Waals surface area contributed by atoms with Crippen LogP contribution in [-0.4, -0.2) is 29.1 Å². The number of fused-ring (bicyclic) bond motifs is 12. The lowest BCUT2D eigenvalue weighted by atomic mass is 10.0. The molecule has 0 bridgehead atoms. The highest BCUT2D eigenvalue weighted by molar-refractivity contribution is 5.92. The number of rotatable bonds is 0. The van der Waals surface area contributed by atoms with E-state index in [9.17, 15) is 9.59 Å². The molecule has 44 heavy (non-hydrogen) atoms. The lowest BCUT2D eigenvalue weighted by molar-refractivity contribution is 0.653. The van der Waals surface area contributed by atoms with Crippen LogP contribution in [0.25, 0.3) is 66.6 Å². The minimum absolute atomic E-state index is 0.0462. The van der Waals surface area contributed by atoms with Gasteiger partial charge in [0.05, 0.1) is 33.2 Å². The smallest absolute Gasteiger partial charge is 0.261 e. The van der Waals surface area contributed by atoms with Crippen LogP contribution in [0.2, 0.25) is 0 Å². The first-order valence-electron chi connectivity index (χ1n) is 14.8. The van der Waals surface area contributed by atoms with E-state index in [1.807, 2.05) is 72.8 Å². The van der Waals surface area contributed by atoms with E-state index in [4.69, 9.17) is 9.97 Å². The van der Waals surface area contributed by atoms with Gasteiger partial charge in [-0.2, -0.15) is 0 Å². The third-order valence-electron chi connectivity index (χ3n) is 8.97. The molecule has 4 aromatic carbocycles. The highest BCUT2D eigenvalue weighted by atomic mass is 16.1. The molecule has 0 aliphatic carbocycles. The van der Waals surface area contributed by atoms with Gasteiger partial charge in [0.2, 0.25) is 0 Å². The number of aryl methyl sites for hydroxylation is 2. The van der Waals surface area contributed by atoms with Gasteiger partial charge in [0.25, 0.3) is 11.1 Å². The highest BCUT2D eigenvalue weighted by Crippen LogP contribution is 2.34. The van der Waals surface area contributed by atoms with Crippen LogP contribution in [0.1, 0.15) is 11.1 Å². The van der Waals surface area contributed by atoms with Gasteiger partial charge in [0.1, 0.15) is 0 Å². The van der Waals surface area contributed by atoms with Crippen LogP contribution in [0.3, 0.4) is 0 Å². The molecule has 0 fully saturated rings. The van der Waals surface area contributed by atoms with Gasteiger partial charge in [-0.3, -0.25) is 18.7 Å². The van der Waals surface area contributed by atoms with Crippen molar-refractivity contribution in [2.75, 3.05) is 0 Å². The van der Waals surface area contributed by atoms with Gasteiger partial charge in [-0.25, -0.2) is 9.97 Å². The molecule has 0 spiro atoms. The Bertz CT molecular complexity index is 2390. The minimum Gasteiger partial charge on any atom is -0.352 e. The number of benzene rings is 4. The van der Waals surface area contributed by atoms with Crippen molar-refractivity contribution in [2.24, 2.45) is 0 Å². The number of hydrogen-bond donors (Lipinski definition) is 2. The van der Waals surface area contributed by atoms with Crippen molar-refractivity contribution in [3.05, 3.63) is 129 Å². The van der Waals surface area contributed by atoms with E-state index in [1.54, 1.807) is 9.13 Å². The Labute approximate surface area is 250 Å². The summed E-state index contributed by atoms with van der Waals surface area (Å²) in [4.78, 5) is 41.8. The Morgan fingerprint density at radius 1 is 0.500 bits per heavy atom. The third-order valence-corrected chi connectivity index (χ3v) is 8.97. The molecule has 8 nitrogen and oxygen atoms in total. The van der Waals surface area contributed by atoms with Crippen molar-refractivity contribution in [1.82, 2.24) is 29.1 Å². The van der Waals surface area contributed by atoms with Crippen LogP contribution in [-0.2, 0) is 25.9 Å². The summed E-state index contributed by atoms with van der Waals surface area (Å²) in [6, 6.07) is 31.6. The van der Waals surface area contributed by atoms with Gasteiger partial charge in [-0.15, -0.1) is 0 Å². The summed E-state index contributed by atoms with van der Waals surface area (Å²) in [5.41, 5.74) is 8.29. The number of hydrogen-bond acceptors (Lipinski definition) is 4. The van der Waals surface area contributed by atoms with Gasteiger partial charge < -0.3 is 9.97 Å². The quantitative estimate of drug-likeness (QED) is 0.225. The summed E-state index contributed by atoms with van der Waals surface area (Å²) in [5.74, 6) is 1.50. The molecule has 0 unspecified atom stereocenters. The monoisotopic (exact) mass is 574 g/mol. The molecule has 2 aliphatic heterocycles. The highest BCUT2D eigenvalue weighted by Gasteiger charge is 2.25. The number of aromatic nitrogens is 6. The normalized spacial score (nSPS) is 13.3. The van der Waals surface area contributed by atoms with Crippen molar-refractivity contribution in [2.45, 2.75) is 25.9 Å². The second-order valence-corrected chi connectivity index (χ2v) is 11.4. The molecule has 10 rings (SSSR count). The molecule has 2 aliphatic rings. The zero-order valence-electron chi connectivity index (χ0n) is 23.7. The van der Waals surface area contributed by atoms with Crippen LogP contribution < -0.4 is 11.1 Å². The summed E-state index contributed by atoms with van der Waals surface area (Å²) < 4.78 is 3.58. The number of H-pyrrole nitrogens is 2. The zero-order valence-corrected chi connectivity index (χ0v) is 23.7. The maximum absolute atomic E-state index is 12.7. The predicted octanol–water partition coefficient (Wildman–Crippen LogP) is 6.20. The van der Waals surface area contributed by atoms with E-state index in [2.05, 4.69) is 34.2 Å². The number of nitrogens with zero attached hydrogens (tertiary/aromatic N) is 4. The van der Waals surface area contributed by atoms with Crippen LogP contribution in [0.4, 0.5) is 0 Å². The van der Waals surface area contributed by atoms with Gasteiger partial charge in [-0.05, 0) is 60.4 Å². The Morgan fingerprint density at radius 3 is 1.34 bits per heavy atom. The molecule has 212 valence electrons. The summed E-state index contributed by atoms with van der Waals surface area (Å²) in [5, 5.41) is 3.83. The fraction of sp³-hybridized carbons (Fsp3) is 0.111. The van der Waals surface area contributed by atoms with E-state index in [1.165, 1.54) is 21.9 Å². The average molecular weight is 575 g/mol. The summed E-state index contributed by atoms with van der Waals surface area (Å²) in [6.45, 7) is 1.36. The summed E-state index contributed by atoms with van der Waals surface area (Å²) in [6.07, 6.45) is 1.71. The van der Waals surface area contributed by atoms with E-state index in [0.29, 0.717) is 23.9 Å². The zero-order chi connectivity index (χ0) is 29.4. The predicted molar refractivity (Wildman–Crippen MR) is 174 cm³/mol. The third kappa shape index (κ3) is 3.57. The topological polar surface area (TPSA) is 101 Å². The maximum atomic E-state index is 12.7. The van der Waals surface area contributed by atoms with E-state index in [0.717, 1.165) is 57.9 Å². The molecule has 0 saturated heterocycles. The molecule has 8 aromatic rings. The lowest BCUT2D eigenvalue weighted by Gasteiger charge is -2.18. The average Bonchev–Trinajstić information content (AvgIpc) is 3.65. The molecular formula is C36H26N6O2. The Balaban J connectivity index is 0.000000123. The first-order valence-corrected chi connectivity index (χ1v) is 14.8. The molecule has 2 N–H and O–H groups in total. The fourth-order valence-corrected chi connectivity index (χ4v) is 6.88. The van der Waals surface area contributed by atoms with Crippen molar-refractivity contribution in [3.8, 4) is 23.0 Å². The molecule has 0 saturated carbocycles. The molecule has 0 radical (unpaired) electrons. The number of aromatic amines is 2. The van der Waals surface area contributed by atoms with Crippen LogP contribution in [0.5, 0.6) is 0 Å². The fourth-order valence-electron chi connectivity index (χ4n) is 6.88. The molecule has 6 heterocycles. The van der Waals surface area contributed by atoms with Crippen molar-refractivity contribution in [1.29, 1.82) is 0 Å². The first kappa shape index (κ1) is 24.8. The summed E-state index contributed by atoms with van der Waals surface area (Å²) >= 11 is 0. The standard InChI is InChI=1S/2C18H13N3O/c2*22-18-13-6-2-4-8-15(13)20-17-16-12(9-10-21(17)18)11-5-1-3-7-14(11)19-16/h2*1-8,19H,9-10H2. The lowest BCUT2D eigenvalue weighted by Crippen LogP contribution is -2.27. The SMILES string of the molecule is O=c1c2ccccc2nc2n1CCc1c-2[nH]c2ccccc12.O=c1c2ccccc2nc2n1CCc1c-2[nH]c2ccccc12. The van der Waals surface area contributed by atoms with Gasteiger partial charge >= 0.3 is 0 Å². The van der Waals surface area contributed by atoms with Crippen LogP contribution in [0.15, 0.2) is 107 Å². The molecule has 0 amide bonds. The van der Waals surface area contributed by atoms with E-state index >= 15 is 0 Å². The van der Waals surface area contributed by atoms with Gasteiger partial charge in [0, 0.05) is 34.9 Å². The maximum Gasteiger partial charge on any atom is 0.261 e. The second kappa shape index (κ2) is 9.37. The van der Waals surface area contributed by atoms with E-state index < -0.39 is 0 Å². The second-order valence-electron chi connectivity index (χ2n) is 11.4.